The molecular formula is C10H6N4. The van der Waals surface area contributed by atoms with Gasteiger partial charge in [-0.25, -0.2) is 0 Å². The molecule has 0 radical (unpaired) electrons. The van der Waals surface area contributed by atoms with E-state index in [4.69, 9.17) is 0 Å². The van der Waals surface area contributed by atoms with Crippen molar-refractivity contribution in [1.82, 2.24) is 20.4 Å². The maximum absolute atomic E-state index is 4.06. The standard InChI is InChI=1S/C10H6N4/c1-2-8-4-6-12-14-10(8)9-7(1)3-5-11-13-9/h1-6H. The van der Waals surface area contributed by atoms with Crippen molar-refractivity contribution in [3.8, 4) is 0 Å². The van der Waals surface area contributed by atoms with E-state index >= 15 is 0 Å². The summed E-state index contributed by atoms with van der Waals surface area (Å²) in [5.74, 6) is 0. The second-order valence-electron chi connectivity index (χ2n) is 3.00. The van der Waals surface area contributed by atoms with Crippen LogP contribution in [0.1, 0.15) is 0 Å². The molecule has 0 saturated heterocycles. The Hall–Kier alpha value is -2.10. The topological polar surface area (TPSA) is 51.6 Å². The fourth-order valence-electron chi connectivity index (χ4n) is 1.50. The van der Waals surface area contributed by atoms with Gasteiger partial charge in [0.2, 0.25) is 0 Å². The van der Waals surface area contributed by atoms with Gasteiger partial charge in [-0.05, 0) is 12.1 Å². The predicted octanol–water partition coefficient (Wildman–Crippen LogP) is 1.57. The van der Waals surface area contributed by atoms with Crippen molar-refractivity contribution in [1.29, 1.82) is 0 Å². The Balaban J connectivity index is 2.61. The van der Waals surface area contributed by atoms with Crippen LogP contribution in [0.3, 0.4) is 0 Å². The molecule has 66 valence electrons. The van der Waals surface area contributed by atoms with Crippen LogP contribution in [-0.4, -0.2) is 20.4 Å². The first-order valence-electron chi connectivity index (χ1n) is 4.27. The van der Waals surface area contributed by atoms with Crippen molar-refractivity contribution in [2.24, 2.45) is 0 Å². The number of hydrogen-bond donors (Lipinski definition) is 0. The highest BCUT2D eigenvalue weighted by Gasteiger charge is 2.01. The van der Waals surface area contributed by atoms with Crippen LogP contribution in [0.4, 0.5) is 0 Å². The molecule has 0 N–H and O–H groups in total. The van der Waals surface area contributed by atoms with E-state index in [2.05, 4.69) is 20.4 Å². The molecule has 4 heteroatoms. The SMILES string of the molecule is c1cc2ccc3ccnnc3c2nn1. The molecule has 0 saturated carbocycles. The van der Waals surface area contributed by atoms with Gasteiger partial charge in [0.15, 0.2) is 0 Å². The van der Waals surface area contributed by atoms with Crippen molar-refractivity contribution in [2.75, 3.05) is 0 Å². The van der Waals surface area contributed by atoms with Gasteiger partial charge in [0.1, 0.15) is 11.0 Å². The third-order valence-corrected chi connectivity index (χ3v) is 2.17. The van der Waals surface area contributed by atoms with Gasteiger partial charge < -0.3 is 0 Å². The van der Waals surface area contributed by atoms with E-state index in [1.54, 1.807) is 12.4 Å². The largest absolute Gasteiger partial charge is 0.158 e. The van der Waals surface area contributed by atoms with Crippen molar-refractivity contribution in [2.45, 2.75) is 0 Å². The molecule has 0 spiro atoms. The molecule has 0 amide bonds. The first kappa shape index (κ1) is 7.32. The Bertz CT molecular complexity index is 551. The van der Waals surface area contributed by atoms with Gasteiger partial charge in [-0.2, -0.15) is 10.2 Å². The minimum absolute atomic E-state index is 0.804. The number of hydrogen-bond acceptors (Lipinski definition) is 4. The average molecular weight is 182 g/mol. The molecule has 4 nitrogen and oxygen atoms in total. The lowest BCUT2D eigenvalue weighted by molar-refractivity contribution is 1.05. The fraction of sp³-hybridized carbons (Fsp3) is 0. The van der Waals surface area contributed by atoms with E-state index in [-0.39, 0.29) is 0 Å². The minimum Gasteiger partial charge on any atom is -0.158 e. The zero-order valence-corrected chi connectivity index (χ0v) is 7.25. The maximum atomic E-state index is 4.06. The zero-order chi connectivity index (χ0) is 9.38. The number of nitrogens with zero attached hydrogens (tertiary/aromatic N) is 4. The fourth-order valence-corrected chi connectivity index (χ4v) is 1.50. The second kappa shape index (κ2) is 2.70. The molecule has 0 atom stereocenters. The molecule has 0 fully saturated rings. The molecule has 3 rings (SSSR count). The maximum Gasteiger partial charge on any atom is 0.121 e. The van der Waals surface area contributed by atoms with Gasteiger partial charge >= 0.3 is 0 Å². The van der Waals surface area contributed by atoms with Crippen LogP contribution >= 0.6 is 0 Å². The normalized spacial score (nSPS) is 10.9. The van der Waals surface area contributed by atoms with Gasteiger partial charge in [0, 0.05) is 10.8 Å². The smallest absolute Gasteiger partial charge is 0.121 e. The summed E-state index contributed by atoms with van der Waals surface area (Å²) < 4.78 is 0. The third-order valence-electron chi connectivity index (χ3n) is 2.17. The molecule has 0 bridgehead atoms. The molecule has 14 heavy (non-hydrogen) atoms. The zero-order valence-electron chi connectivity index (χ0n) is 7.25. The number of aromatic nitrogens is 4. The summed E-state index contributed by atoms with van der Waals surface area (Å²) in [5, 5.41) is 17.9. The first-order valence-corrected chi connectivity index (χ1v) is 4.27. The lowest BCUT2D eigenvalue weighted by Crippen LogP contribution is -1.88. The molecule has 0 aliphatic heterocycles. The average Bonchev–Trinajstić information content (AvgIpc) is 2.29. The summed E-state index contributed by atoms with van der Waals surface area (Å²) in [6.07, 6.45) is 3.34. The van der Waals surface area contributed by atoms with E-state index in [0.717, 1.165) is 21.8 Å². The van der Waals surface area contributed by atoms with E-state index in [1.807, 2.05) is 24.3 Å². The molecule has 0 aliphatic carbocycles. The molecule has 0 unspecified atom stereocenters. The van der Waals surface area contributed by atoms with E-state index in [9.17, 15) is 0 Å². The number of fused-ring (bicyclic) bond motifs is 3. The molecule has 0 aliphatic rings. The highest BCUT2D eigenvalue weighted by atomic mass is 15.1. The van der Waals surface area contributed by atoms with Crippen molar-refractivity contribution < 1.29 is 0 Å². The molecule has 2 aromatic heterocycles. The Morgan fingerprint density at radius 3 is 1.64 bits per heavy atom. The monoisotopic (exact) mass is 182 g/mol. The Morgan fingerprint density at radius 2 is 1.14 bits per heavy atom. The van der Waals surface area contributed by atoms with Crippen LogP contribution in [-0.2, 0) is 0 Å². The summed E-state index contributed by atoms with van der Waals surface area (Å²) in [4.78, 5) is 0. The predicted molar refractivity (Wildman–Crippen MR) is 52.6 cm³/mol. The van der Waals surface area contributed by atoms with Crippen LogP contribution in [0.25, 0.3) is 21.8 Å². The number of benzene rings is 1. The lowest BCUT2D eigenvalue weighted by atomic mass is 10.1. The van der Waals surface area contributed by atoms with E-state index < -0.39 is 0 Å². The van der Waals surface area contributed by atoms with Gasteiger partial charge in [-0.3, -0.25) is 0 Å². The summed E-state index contributed by atoms with van der Waals surface area (Å²) in [6.45, 7) is 0. The van der Waals surface area contributed by atoms with Crippen molar-refractivity contribution >= 4 is 21.8 Å². The Kier molecular flexibility index (Phi) is 1.41. The third kappa shape index (κ3) is 0.939. The van der Waals surface area contributed by atoms with Crippen molar-refractivity contribution in [3.63, 3.8) is 0 Å². The minimum atomic E-state index is 0.804. The summed E-state index contributed by atoms with van der Waals surface area (Å²) >= 11 is 0. The molecular weight excluding hydrogens is 176 g/mol. The van der Waals surface area contributed by atoms with E-state index in [1.165, 1.54) is 0 Å². The summed E-state index contributed by atoms with van der Waals surface area (Å²) in [7, 11) is 0. The van der Waals surface area contributed by atoms with Crippen LogP contribution in [0.5, 0.6) is 0 Å². The summed E-state index contributed by atoms with van der Waals surface area (Å²) in [6, 6.07) is 7.84. The van der Waals surface area contributed by atoms with Crippen molar-refractivity contribution in [3.05, 3.63) is 36.7 Å². The van der Waals surface area contributed by atoms with Gasteiger partial charge in [0.25, 0.3) is 0 Å². The van der Waals surface area contributed by atoms with Gasteiger partial charge in [0.05, 0.1) is 12.4 Å². The quantitative estimate of drug-likeness (QED) is 0.495. The highest BCUT2D eigenvalue weighted by molar-refractivity contribution is 6.01. The van der Waals surface area contributed by atoms with Crippen LogP contribution in [0, 0.1) is 0 Å². The molecule has 2 heterocycles. The second-order valence-corrected chi connectivity index (χ2v) is 3.00. The Morgan fingerprint density at radius 1 is 0.643 bits per heavy atom. The van der Waals surface area contributed by atoms with Crippen LogP contribution in [0.2, 0.25) is 0 Å². The van der Waals surface area contributed by atoms with Gasteiger partial charge in [-0.15, -0.1) is 10.2 Å². The van der Waals surface area contributed by atoms with Crippen LogP contribution < -0.4 is 0 Å². The summed E-state index contributed by atoms with van der Waals surface area (Å²) in [5.41, 5.74) is 1.61. The number of rotatable bonds is 0. The highest BCUT2D eigenvalue weighted by Crippen LogP contribution is 2.19. The first-order chi connectivity index (χ1) is 6.95. The van der Waals surface area contributed by atoms with E-state index in [0.29, 0.717) is 0 Å². The van der Waals surface area contributed by atoms with Crippen LogP contribution in [0.15, 0.2) is 36.7 Å². The molecule has 3 aromatic rings. The Labute approximate surface area is 79.6 Å². The van der Waals surface area contributed by atoms with Gasteiger partial charge in [-0.1, -0.05) is 12.1 Å². The molecule has 1 aromatic carbocycles. The lowest BCUT2D eigenvalue weighted by Gasteiger charge is -1.98.